The normalized spacial score (nSPS) is 12.9. The molecule has 7 nitrogen and oxygen atoms in total. The lowest BCUT2D eigenvalue weighted by Gasteiger charge is -2.12. The molecule has 0 aliphatic carbocycles. The van der Waals surface area contributed by atoms with Gasteiger partial charge >= 0.3 is 0 Å². The van der Waals surface area contributed by atoms with Crippen LogP contribution in [0.5, 0.6) is 0 Å². The van der Waals surface area contributed by atoms with Gasteiger partial charge in [-0.25, -0.2) is 0 Å². The van der Waals surface area contributed by atoms with E-state index in [2.05, 4.69) is 20.7 Å². The number of aromatic amines is 1. The van der Waals surface area contributed by atoms with Crippen molar-refractivity contribution in [2.24, 2.45) is 10.9 Å². The van der Waals surface area contributed by atoms with Crippen LogP contribution in [0, 0.1) is 0 Å². The Morgan fingerprint density at radius 1 is 1.45 bits per heavy atom. The average Bonchev–Trinajstić information content (AvgIpc) is 2.94. The molecular weight excluding hydrogens is 258 g/mol. The van der Waals surface area contributed by atoms with Crippen LogP contribution in [0.15, 0.2) is 41.7 Å². The number of H-pyrrole nitrogens is 1. The predicted octanol–water partition coefficient (Wildman–Crippen LogP) is 1.25. The van der Waals surface area contributed by atoms with Crippen molar-refractivity contribution in [3.05, 3.63) is 47.7 Å². The van der Waals surface area contributed by atoms with E-state index in [9.17, 15) is 4.79 Å². The van der Waals surface area contributed by atoms with Gasteiger partial charge in [0.2, 0.25) is 5.91 Å². The number of carbonyl (C=O) groups excluding carboxylic acids is 1. The van der Waals surface area contributed by atoms with Crippen LogP contribution < -0.4 is 11.1 Å². The van der Waals surface area contributed by atoms with Crippen molar-refractivity contribution >= 4 is 17.6 Å². The Morgan fingerprint density at radius 2 is 2.15 bits per heavy atom. The second-order valence-corrected chi connectivity index (χ2v) is 4.27. The van der Waals surface area contributed by atoms with Crippen molar-refractivity contribution < 1.29 is 10.0 Å². The van der Waals surface area contributed by atoms with E-state index in [1.54, 1.807) is 6.92 Å². The zero-order valence-corrected chi connectivity index (χ0v) is 10.9. The number of anilines is 1. The molecule has 0 fully saturated rings. The highest BCUT2D eigenvalue weighted by Gasteiger charge is 2.18. The van der Waals surface area contributed by atoms with Gasteiger partial charge in [-0.05, 0) is 12.5 Å². The Morgan fingerprint density at radius 3 is 2.80 bits per heavy atom. The molecule has 1 atom stereocenters. The summed E-state index contributed by atoms with van der Waals surface area (Å²) in [6.45, 7) is 1.80. The summed E-state index contributed by atoms with van der Waals surface area (Å²) in [5.41, 5.74) is 6.72. The highest BCUT2D eigenvalue weighted by Crippen LogP contribution is 2.18. The van der Waals surface area contributed by atoms with Gasteiger partial charge in [-0.1, -0.05) is 35.5 Å². The van der Waals surface area contributed by atoms with Crippen molar-refractivity contribution in [3.63, 3.8) is 0 Å². The standard InChI is InChI=1S/C13H15N5O2/c1-8(9-5-3-2-4-6-9)13(19)16-12-10(7-15-17-12)11(14)18-20/h2-8,20H,1H3,(H2,14,18)(H2,15,16,17,19). The number of aromatic nitrogens is 2. The van der Waals surface area contributed by atoms with Gasteiger partial charge in [0.25, 0.3) is 0 Å². The van der Waals surface area contributed by atoms with Gasteiger partial charge in [-0.2, -0.15) is 5.10 Å². The zero-order valence-electron chi connectivity index (χ0n) is 10.9. The summed E-state index contributed by atoms with van der Waals surface area (Å²) in [4.78, 5) is 12.2. The molecule has 2 rings (SSSR count). The van der Waals surface area contributed by atoms with Crippen LogP contribution in [0.25, 0.3) is 0 Å². The highest BCUT2D eigenvalue weighted by molar-refractivity contribution is 6.05. The maximum Gasteiger partial charge on any atom is 0.232 e. The zero-order chi connectivity index (χ0) is 14.5. The Hall–Kier alpha value is -2.83. The molecule has 1 amide bonds. The van der Waals surface area contributed by atoms with E-state index in [-0.39, 0.29) is 17.7 Å². The maximum atomic E-state index is 12.2. The molecule has 7 heteroatoms. The number of amidine groups is 1. The fourth-order valence-electron chi connectivity index (χ4n) is 1.75. The first-order valence-corrected chi connectivity index (χ1v) is 6.00. The van der Waals surface area contributed by atoms with Crippen molar-refractivity contribution in [3.8, 4) is 0 Å². The van der Waals surface area contributed by atoms with E-state index < -0.39 is 0 Å². The number of benzene rings is 1. The van der Waals surface area contributed by atoms with E-state index in [0.29, 0.717) is 11.4 Å². The number of amides is 1. The van der Waals surface area contributed by atoms with Gasteiger partial charge in [0, 0.05) is 0 Å². The smallest absolute Gasteiger partial charge is 0.232 e. The molecule has 0 aliphatic heterocycles. The average molecular weight is 273 g/mol. The molecule has 2 aromatic rings. The van der Waals surface area contributed by atoms with Crippen molar-refractivity contribution in [2.45, 2.75) is 12.8 Å². The topological polar surface area (TPSA) is 116 Å². The second-order valence-electron chi connectivity index (χ2n) is 4.27. The molecule has 0 saturated carbocycles. The van der Waals surface area contributed by atoms with Crippen LogP contribution in [-0.4, -0.2) is 27.1 Å². The van der Waals surface area contributed by atoms with Gasteiger partial charge in [-0.15, -0.1) is 0 Å². The molecule has 1 unspecified atom stereocenters. The number of hydrogen-bond donors (Lipinski definition) is 4. The summed E-state index contributed by atoms with van der Waals surface area (Å²) in [5.74, 6) is -0.374. The first-order chi connectivity index (χ1) is 9.63. The van der Waals surface area contributed by atoms with Crippen LogP contribution in [0.2, 0.25) is 0 Å². The first-order valence-electron chi connectivity index (χ1n) is 6.00. The molecule has 0 spiro atoms. The Labute approximate surface area is 115 Å². The number of rotatable bonds is 4. The van der Waals surface area contributed by atoms with Crippen molar-refractivity contribution in [2.75, 3.05) is 5.32 Å². The summed E-state index contributed by atoms with van der Waals surface area (Å²) >= 11 is 0. The van der Waals surface area contributed by atoms with Crippen LogP contribution in [0.3, 0.4) is 0 Å². The SMILES string of the molecule is CC(C(=O)Nc1[nH]ncc1/C(N)=N/O)c1ccccc1. The van der Waals surface area contributed by atoms with Crippen LogP contribution >= 0.6 is 0 Å². The summed E-state index contributed by atoms with van der Waals surface area (Å²) in [5, 5.41) is 20.6. The lowest BCUT2D eigenvalue weighted by molar-refractivity contribution is -0.117. The highest BCUT2D eigenvalue weighted by atomic mass is 16.4. The molecule has 0 aliphatic rings. The molecule has 5 N–H and O–H groups in total. The fraction of sp³-hybridized carbons (Fsp3) is 0.154. The van der Waals surface area contributed by atoms with Gasteiger partial charge < -0.3 is 16.3 Å². The molecule has 20 heavy (non-hydrogen) atoms. The third-order valence-corrected chi connectivity index (χ3v) is 2.96. The van der Waals surface area contributed by atoms with Gasteiger partial charge in [0.15, 0.2) is 5.84 Å². The minimum absolute atomic E-state index is 0.124. The van der Waals surface area contributed by atoms with Crippen LogP contribution in [0.1, 0.15) is 24.0 Å². The quantitative estimate of drug-likeness (QED) is 0.290. The molecular formula is C13H15N5O2. The number of carbonyl (C=O) groups is 1. The number of oxime groups is 1. The Kier molecular flexibility index (Phi) is 3.99. The monoisotopic (exact) mass is 273 g/mol. The second kappa shape index (κ2) is 5.87. The van der Waals surface area contributed by atoms with E-state index in [4.69, 9.17) is 10.9 Å². The van der Waals surface area contributed by atoms with Gasteiger partial charge in [0.05, 0.1) is 17.7 Å². The largest absolute Gasteiger partial charge is 0.409 e. The Balaban J connectivity index is 2.15. The van der Waals surface area contributed by atoms with Crippen molar-refractivity contribution in [1.82, 2.24) is 10.2 Å². The van der Waals surface area contributed by atoms with E-state index >= 15 is 0 Å². The van der Waals surface area contributed by atoms with Gasteiger partial charge in [0.1, 0.15) is 5.82 Å². The molecule has 1 heterocycles. The minimum Gasteiger partial charge on any atom is -0.409 e. The molecule has 104 valence electrons. The maximum absolute atomic E-state index is 12.2. The lowest BCUT2D eigenvalue weighted by Crippen LogP contribution is -2.22. The third kappa shape index (κ3) is 2.77. The Bertz CT molecular complexity index is 621. The summed E-state index contributed by atoms with van der Waals surface area (Å²) in [6.07, 6.45) is 1.37. The predicted molar refractivity (Wildman–Crippen MR) is 74.6 cm³/mol. The number of nitrogens with zero attached hydrogens (tertiary/aromatic N) is 2. The molecule has 0 bridgehead atoms. The van der Waals surface area contributed by atoms with Crippen LogP contribution in [0.4, 0.5) is 5.82 Å². The lowest BCUT2D eigenvalue weighted by atomic mass is 10.0. The van der Waals surface area contributed by atoms with Crippen LogP contribution in [-0.2, 0) is 4.79 Å². The molecule has 1 aromatic heterocycles. The van der Waals surface area contributed by atoms with E-state index in [1.165, 1.54) is 6.20 Å². The summed E-state index contributed by atoms with van der Waals surface area (Å²) in [7, 11) is 0. The minimum atomic E-state index is -0.334. The van der Waals surface area contributed by atoms with E-state index in [1.807, 2.05) is 30.3 Å². The summed E-state index contributed by atoms with van der Waals surface area (Å²) < 4.78 is 0. The fourth-order valence-corrected chi connectivity index (χ4v) is 1.75. The molecule has 0 saturated heterocycles. The first kappa shape index (κ1) is 13.6. The molecule has 1 aromatic carbocycles. The van der Waals surface area contributed by atoms with E-state index in [0.717, 1.165) is 5.56 Å². The van der Waals surface area contributed by atoms with Crippen molar-refractivity contribution in [1.29, 1.82) is 0 Å². The summed E-state index contributed by atoms with van der Waals surface area (Å²) in [6, 6.07) is 9.39. The number of nitrogens with two attached hydrogens (primary N) is 1. The van der Waals surface area contributed by atoms with Gasteiger partial charge in [-0.3, -0.25) is 9.89 Å². The number of nitrogens with one attached hydrogen (secondary N) is 2. The third-order valence-electron chi connectivity index (χ3n) is 2.96. The molecule has 0 radical (unpaired) electrons. The number of hydrogen-bond acceptors (Lipinski definition) is 4.